The largest absolute Gasteiger partial charge is 0.392 e. The standard InChI is InChI=1S/C15H18N4O2/c1-15(2)12(8-13(15)20)17-14(21)11-9-16-19(18-11)10-6-4-3-5-7-10/h3-7,9,12-13,20H,8H2,1-2H3,(H,17,21). The number of para-hydroxylation sites is 1. The van der Waals surface area contributed by atoms with E-state index >= 15 is 0 Å². The smallest absolute Gasteiger partial charge is 0.273 e. The van der Waals surface area contributed by atoms with Crippen LogP contribution in [0.4, 0.5) is 0 Å². The molecule has 110 valence electrons. The highest BCUT2D eigenvalue weighted by Crippen LogP contribution is 2.40. The van der Waals surface area contributed by atoms with E-state index in [1.54, 1.807) is 0 Å². The van der Waals surface area contributed by atoms with Crippen LogP contribution in [0.25, 0.3) is 5.69 Å². The van der Waals surface area contributed by atoms with Crippen LogP contribution in [0, 0.1) is 5.41 Å². The van der Waals surface area contributed by atoms with Crippen molar-refractivity contribution >= 4 is 5.91 Å². The van der Waals surface area contributed by atoms with E-state index in [-0.39, 0.29) is 29.2 Å². The summed E-state index contributed by atoms with van der Waals surface area (Å²) < 4.78 is 0. The topological polar surface area (TPSA) is 80.0 Å². The number of nitrogens with zero attached hydrogens (tertiary/aromatic N) is 3. The molecule has 1 aliphatic rings. The lowest BCUT2D eigenvalue weighted by Crippen LogP contribution is -2.61. The molecule has 1 heterocycles. The van der Waals surface area contributed by atoms with Crippen molar-refractivity contribution in [2.45, 2.75) is 32.4 Å². The fourth-order valence-electron chi connectivity index (χ4n) is 2.43. The molecule has 21 heavy (non-hydrogen) atoms. The summed E-state index contributed by atoms with van der Waals surface area (Å²) in [6.07, 6.45) is 1.65. The van der Waals surface area contributed by atoms with Gasteiger partial charge in [-0.05, 0) is 18.6 Å². The zero-order valence-corrected chi connectivity index (χ0v) is 12.0. The Balaban J connectivity index is 1.71. The van der Waals surface area contributed by atoms with Crippen LogP contribution >= 0.6 is 0 Å². The second kappa shape index (κ2) is 4.96. The van der Waals surface area contributed by atoms with Gasteiger partial charge in [0, 0.05) is 11.5 Å². The minimum Gasteiger partial charge on any atom is -0.392 e. The Labute approximate surface area is 122 Å². The Kier molecular flexibility index (Phi) is 3.25. The maximum atomic E-state index is 12.2. The maximum Gasteiger partial charge on any atom is 0.273 e. The molecule has 6 nitrogen and oxygen atoms in total. The number of aromatic nitrogens is 3. The molecule has 2 atom stereocenters. The number of aliphatic hydroxyl groups excluding tert-OH is 1. The van der Waals surface area contributed by atoms with Gasteiger partial charge >= 0.3 is 0 Å². The molecule has 1 amide bonds. The molecule has 1 aliphatic carbocycles. The number of aliphatic hydroxyl groups is 1. The predicted molar refractivity (Wildman–Crippen MR) is 77.0 cm³/mol. The lowest BCUT2D eigenvalue weighted by Gasteiger charge is -2.49. The molecule has 2 aromatic rings. The highest BCUT2D eigenvalue weighted by Gasteiger charge is 2.48. The van der Waals surface area contributed by atoms with Gasteiger partial charge in [-0.15, -0.1) is 5.10 Å². The van der Waals surface area contributed by atoms with Crippen molar-refractivity contribution in [2.24, 2.45) is 5.41 Å². The molecule has 2 unspecified atom stereocenters. The zero-order chi connectivity index (χ0) is 15.0. The molecule has 1 saturated carbocycles. The van der Waals surface area contributed by atoms with Crippen LogP contribution in [0.5, 0.6) is 0 Å². The monoisotopic (exact) mass is 286 g/mol. The van der Waals surface area contributed by atoms with Gasteiger partial charge in [0.15, 0.2) is 5.69 Å². The Bertz CT molecular complexity index is 651. The number of hydrogen-bond donors (Lipinski definition) is 2. The third-order valence-corrected chi connectivity index (χ3v) is 4.23. The second-order valence-corrected chi connectivity index (χ2v) is 5.95. The molecule has 0 radical (unpaired) electrons. The first-order valence-electron chi connectivity index (χ1n) is 6.95. The van der Waals surface area contributed by atoms with Crippen LogP contribution < -0.4 is 5.32 Å². The Morgan fingerprint density at radius 1 is 1.38 bits per heavy atom. The number of benzene rings is 1. The average Bonchev–Trinajstić information content (AvgIpc) is 2.98. The van der Waals surface area contributed by atoms with Crippen LogP contribution in [-0.4, -0.2) is 38.2 Å². The Hall–Kier alpha value is -2.21. The van der Waals surface area contributed by atoms with Crippen LogP contribution in [0.2, 0.25) is 0 Å². The van der Waals surface area contributed by atoms with E-state index in [1.807, 2.05) is 44.2 Å². The van der Waals surface area contributed by atoms with Crippen molar-refractivity contribution in [1.82, 2.24) is 20.3 Å². The molecule has 6 heteroatoms. The number of hydrogen-bond acceptors (Lipinski definition) is 4. The maximum absolute atomic E-state index is 12.2. The SMILES string of the molecule is CC1(C)C(O)CC1NC(=O)c1cnn(-c2ccccc2)n1. The molecule has 1 aromatic heterocycles. The molecule has 1 fully saturated rings. The first kappa shape index (κ1) is 13.8. The van der Waals surface area contributed by atoms with E-state index in [9.17, 15) is 9.90 Å². The predicted octanol–water partition coefficient (Wildman–Crippen LogP) is 1.16. The summed E-state index contributed by atoms with van der Waals surface area (Å²) in [5.41, 5.74) is 0.775. The number of carbonyl (C=O) groups excluding carboxylic acids is 1. The lowest BCUT2D eigenvalue weighted by atomic mass is 9.64. The van der Waals surface area contributed by atoms with Gasteiger partial charge in [0.2, 0.25) is 0 Å². The molecule has 3 rings (SSSR count). The summed E-state index contributed by atoms with van der Waals surface area (Å²) in [4.78, 5) is 13.6. The van der Waals surface area contributed by atoms with Gasteiger partial charge in [0.25, 0.3) is 5.91 Å². The minimum absolute atomic E-state index is 0.0399. The van der Waals surface area contributed by atoms with Crippen molar-refractivity contribution in [3.8, 4) is 5.69 Å². The van der Waals surface area contributed by atoms with Gasteiger partial charge in [-0.25, -0.2) is 0 Å². The highest BCUT2D eigenvalue weighted by atomic mass is 16.3. The number of carbonyl (C=O) groups is 1. The molecule has 0 saturated heterocycles. The minimum atomic E-state index is -0.372. The third kappa shape index (κ3) is 2.42. The summed E-state index contributed by atoms with van der Waals surface area (Å²) in [5, 5.41) is 20.9. The highest BCUT2D eigenvalue weighted by molar-refractivity contribution is 5.92. The van der Waals surface area contributed by atoms with E-state index in [1.165, 1.54) is 11.0 Å². The molecule has 2 N–H and O–H groups in total. The average molecular weight is 286 g/mol. The van der Waals surface area contributed by atoms with Crippen molar-refractivity contribution in [1.29, 1.82) is 0 Å². The van der Waals surface area contributed by atoms with Gasteiger partial charge in [-0.1, -0.05) is 32.0 Å². The van der Waals surface area contributed by atoms with E-state index in [2.05, 4.69) is 15.5 Å². The molecular weight excluding hydrogens is 268 g/mol. The van der Waals surface area contributed by atoms with E-state index < -0.39 is 0 Å². The van der Waals surface area contributed by atoms with Crippen molar-refractivity contribution < 1.29 is 9.90 Å². The summed E-state index contributed by atoms with van der Waals surface area (Å²) >= 11 is 0. The van der Waals surface area contributed by atoms with Gasteiger partial charge in [-0.2, -0.15) is 9.90 Å². The zero-order valence-electron chi connectivity index (χ0n) is 12.0. The summed E-state index contributed by atoms with van der Waals surface area (Å²) in [6, 6.07) is 9.37. The molecular formula is C15H18N4O2. The van der Waals surface area contributed by atoms with Crippen molar-refractivity contribution in [3.63, 3.8) is 0 Å². The van der Waals surface area contributed by atoms with Gasteiger partial charge in [0.1, 0.15) is 0 Å². The summed E-state index contributed by atoms with van der Waals surface area (Å²) in [7, 11) is 0. The second-order valence-electron chi connectivity index (χ2n) is 5.95. The molecule has 0 bridgehead atoms. The van der Waals surface area contributed by atoms with E-state index in [4.69, 9.17) is 0 Å². The number of nitrogens with one attached hydrogen (secondary N) is 1. The Morgan fingerprint density at radius 2 is 2.10 bits per heavy atom. The quantitative estimate of drug-likeness (QED) is 0.887. The van der Waals surface area contributed by atoms with E-state index in [0.29, 0.717) is 6.42 Å². The molecule has 0 aliphatic heterocycles. The normalized spacial score (nSPS) is 23.4. The molecule has 0 spiro atoms. The lowest BCUT2D eigenvalue weighted by molar-refractivity contribution is -0.0690. The number of rotatable bonds is 3. The fourth-order valence-corrected chi connectivity index (χ4v) is 2.43. The first-order valence-corrected chi connectivity index (χ1v) is 6.95. The fraction of sp³-hybridized carbons (Fsp3) is 0.400. The summed E-state index contributed by atoms with van der Waals surface area (Å²) in [5.74, 6) is -0.262. The Morgan fingerprint density at radius 3 is 2.71 bits per heavy atom. The van der Waals surface area contributed by atoms with Crippen molar-refractivity contribution in [2.75, 3.05) is 0 Å². The van der Waals surface area contributed by atoms with Crippen LogP contribution in [0.1, 0.15) is 30.8 Å². The number of amides is 1. The van der Waals surface area contributed by atoms with Gasteiger partial charge < -0.3 is 10.4 Å². The van der Waals surface area contributed by atoms with Crippen molar-refractivity contribution in [3.05, 3.63) is 42.2 Å². The van der Waals surface area contributed by atoms with E-state index in [0.717, 1.165) is 5.69 Å². The van der Waals surface area contributed by atoms with Crippen LogP contribution in [0.15, 0.2) is 36.5 Å². The summed E-state index contributed by atoms with van der Waals surface area (Å²) in [6.45, 7) is 3.87. The van der Waals surface area contributed by atoms with Gasteiger partial charge in [-0.3, -0.25) is 4.79 Å². The van der Waals surface area contributed by atoms with Crippen LogP contribution in [0.3, 0.4) is 0 Å². The third-order valence-electron chi connectivity index (χ3n) is 4.23. The van der Waals surface area contributed by atoms with Crippen LogP contribution in [-0.2, 0) is 0 Å². The first-order chi connectivity index (χ1) is 9.98. The molecule has 1 aromatic carbocycles. The van der Waals surface area contributed by atoms with Gasteiger partial charge in [0.05, 0.1) is 18.0 Å².